The van der Waals surface area contributed by atoms with Gasteiger partial charge in [0.25, 0.3) is 5.91 Å². The van der Waals surface area contributed by atoms with Crippen molar-refractivity contribution >= 4 is 57.1 Å². The fourth-order valence-corrected chi connectivity index (χ4v) is 4.51. The van der Waals surface area contributed by atoms with Crippen LogP contribution >= 0.6 is 23.1 Å². The molecule has 0 aliphatic rings. The Labute approximate surface area is 204 Å². The molecule has 0 bridgehead atoms. The molecule has 0 unspecified atom stereocenters. The first-order chi connectivity index (χ1) is 16.6. The van der Waals surface area contributed by atoms with Crippen molar-refractivity contribution in [3.8, 4) is 5.75 Å². The molecule has 3 N–H and O–H groups in total. The van der Waals surface area contributed by atoms with Crippen LogP contribution in [-0.2, 0) is 4.79 Å². The normalized spacial score (nSPS) is 10.4. The van der Waals surface area contributed by atoms with Crippen LogP contribution in [0, 0.1) is 0 Å². The van der Waals surface area contributed by atoms with Crippen molar-refractivity contribution < 1.29 is 14.3 Å². The van der Waals surface area contributed by atoms with Gasteiger partial charge in [-0.15, -0.1) is 10.2 Å². The number of benzene rings is 3. The van der Waals surface area contributed by atoms with Gasteiger partial charge in [-0.3, -0.25) is 9.59 Å². The summed E-state index contributed by atoms with van der Waals surface area (Å²) in [4.78, 5) is 24.8. The van der Waals surface area contributed by atoms with E-state index in [9.17, 15) is 9.59 Å². The summed E-state index contributed by atoms with van der Waals surface area (Å²) in [5.74, 6) is 0.324. The van der Waals surface area contributed by atoms with Gasteiger partial charge >= 0.3 is 0 Å². The summed E-state index contributed by atoms with van der Waals surface area (Å²) < 4.78 is 5.94. The van der Waals surface area contributed by atoms with Crippen LogP contribution < -0.4 is 20.7 Å². The highest BCUT2D eigenvalue weighted by Gasteiger charge is 2.11. The molecule has 0 saturated carbocycles. The Balaban J connectivity index is 1.26. The zero-order chi connectivity index (χ0) is 23.8. The molecule has 0 radical (unpaired) electrons. The van der Waals surface area contributed by atoms with Crippen molar-refractivity contribution in [2.24, 2.45) is 0 Å². The van der Waals surface area contributed by atoms with Crippen LogP contribution in [0.15, 0.2) is 83.2 Å². The van der Waals surface area contributed by atoms with Crippen molar-refractivity contribution in [1.82, 2.24) is 10.2 Å². The number of nitrogens with one attached hydrogen (secondary N) is 3. The third-order valence-corrected chi connectivity index (χ3v) is 6.52. The molecule has 2 amide bonds. The highest BCUT2D eigenvalue weighted by atomic mass is 32.2. The molecule has 1 heterocycles. The molecule has 4 rings (SSSR count). The third kappa shape index (κ3) is 6.33. The van der Waals surface area contributed by atoms with E-state index in [1.807, 2.05) is 42.5 Å². The molecule has 0 aliphatic carbocycles. The molecule has 8 nitrogen and oxygen atoms in total. The molecule has 0 fully saturated rings. The first-order valence-corrected chi connectivity index (χ1v) is 12.0. The number of rotatable bonds is 9. The number of ether oxygens (including phenoxy) is 1. The quantitative estimate of drug-likeness (QED) is 0.274. The van der Waals surface area contributed by atoms with Crippen LogP contribution in [0.3, 0.4) is 0 Å². The first-order valence-electron chi connectivity index (χ1n) is 10.2. The monoisotopic (exact) mass is 491 g/mol. The number of methoxy groups -OCH3 is 1. The Morgan fingerprint density at radius 1 is 0.882 bits per heavy atom. The zero-order valence-electron chi connectivity index (χ0n) is 18.1. The molecule has 0 aliphatic heterocycles. The lowest BCUT2D eigenvalue weighted by molar-refractivity contribution is -0.113. The molecule has 34 heavy (non-hydrogen) atoms. The van der Waals surface area contributed by atoms with Crippen LogP contribution in [0.2, 0.25) is 0 Å². The molecular weight excluding hydrogens is 470 g/mol. The number of amides is 2. The summed E-state index contributed by atoms with van der Waals surface area (Å²) in [5.41, 5.74) is 2.57. The maximum atomic E-state index is 12.5. The fraction of sp³-hybridized carbons (Fsp3) is 0.0833. The number of para-hydroxylation sites is 3. The average molecular weight is 492 g/mol. The summed E-state index contributed by atoms with van der Waals surface area (Å²) in [5, 5.41) is 17.7. The van der Waals surface area contributed by atoms with Gasteiger partial charge in [0.05, 0.1) is 18.6 Å². The number of hydrogen-bond acceptors (Lipinski definition) is 8. The molecule has 3 aromatic carbocycles. The van der Waals surface area contributed by atoms with Crippen LogP contribution in [0.1, 0.15) is 10.4 Å². The van der Waals surface area contributed by atoms with Crippen molar-refractivity contribution in [2.75, 3.05) is 28.8 Å². The first kappa shape index (κ1) is 23.3. The van der Waals surface area contributed by atoms with Gasteiger partial charge in [-0.2, -0.15) is 0 Å². The van der Waals surface area contributed by atoms with E-state index in [0.29, 0.717) is 32.2 Å². The van der Waals surface area contributed by atoms with Gasteiger partial charge in [0, 0.05) is 16.9 Å². The number of hydrogen-bond donors (Lipinski definition) is 3. The maximum Gasteiger partial charge on any atom is 0.255 e. The largest absolute Gasteiger partial charge is 0.495 e. The van der Waals surface area contributed by atoms with E-state index in [-0.39, 0.29) is 17.6 Å². The van der Waals surface area contributed by atoms with Crippen LogP contribution in [-0.4, -0.2) is 34.9 Å². The van der Waals surface area contributed by atoms with E-state index >= 15 is 0 Å². The second kappa shape index (κ2) is 11.3. The predicted octanol–water partition coefficient (Wildman–Crippen LogP) is 5.27. The average Bonchev–Trinajstić information content (AvgIpc) is 3.31. The lowest BCUT2D eigenvalue weighted by Crippen LogP contribution is -2.15. The van der Waals surface area contributed by atoms with Crippen molar-refractivity contribution in [3.05, 3.63) is 84.4 Å². The molecule has 1 aromatic heterocycles. The number of aromatic nitrogens is 2. The summed E-state index contributed by atoms with van der Waals surface area (Å²) in [6.45, 7) is 0. The van der Waals surface area contributed by atoms with Crippen molar-refractivity contribution in [1.29, 1.82) is 0 Å². The molecule has 0 saturated heterocycles. The minimum absolute atomic E-state index is 0.177. The molecular formula is C24H21N5O3S2. The summed E-state index contributed by atoms with van der Waals surface area (Å²) in [6, 6.07) is 23.5. The van der Waals surface area contributed by atoms with Gasteiger partial charge < -0.3 is 20.7 Å². The van der Waals surface area contributed by atoms with Crippen molar-refractivity contribution in [3.63, 3.8) is 0 Å². The number of anilines is 4. The van der Waals surface area contributed by atoms with Gasteiger partial charge in [0.15, 0.2) is 4.34 Å². The maximum absolute atomic E-state index is 12.5. The van der Waals surface area contributed by atoms with E-state index in [1.54, 1.807) is 43.5 Å². The minimum atomic E-state index is -0.269. The van der Waals surface area contributed by atoms with Crippen LogP contribution in [0.25, 0.3) is 0 Å². The van der Waals surface area contributed by atoms with E-state index < -0.39 is 0 Å². The minimum Gasteiger partial charge on any atom is -0.495 e. The van der Waals surface area contributed by atoms with Gasteiger partial charge in [0.2, 0.25) is 11.0 Å². The molecule has 0 atom stereocenters. The summed E-state index contributed by atoms with van der Waals surface area (Å²) >= 11 is 2.69. The number of thioether (sulfide) groups is 1. The van der Waals surface area contributed by atoms with Gasteiger partial charge in [-0.05, 0) is 48.5 Å². The van der Waals surface area contributed by atoms with Gasteiger partial charge in [0.1, 0.15) is 5.75 Å². The fourth-order valence-electron chi connectivity index (χ4n) is 2.94. The Morgan fingerprint density at radius 3 is 2.38 bits per heavy atom. The van der Waals surface area contributed by atoms with E-state index in [1.165, 1.54) is 23.1 Å². The zero-order valence-corrected chi connectivity index (χ0v) is 19.8. The van der Waals surface area contributed by atoms with Gasteiger partial charge in [-0.1, -0.05) is 53.4 Å². The Kier molecular flexibility index (Phi) is 7.74. The standard InChI is InChI=1S/C24H21N5O3S2/c1-32-20-10-6-5-9-19(20)27-22(31)16-11-13-18(14-12-16)25-21(30)15-33-24-29-28-23(34-24)26-17-7-3-2-4-8-17/h2-14H,15H2,1H3,(H,25,30)(H,26,28)(H,27,31). The molecule has 0 spiro atoms. The van der Waals surface area contributed by atoms with Gasteiger partial charge in [-0.25, -0.2) is 0 Å². The second-order valence-corrected chi connectivity index (χ2v) is 9.13. The Bertz CT molecular complexity index is 1260. The number of carbonyl (C=O) groups is 2. The molecule has 4 aromatic rings. The SMILES string of the molecule is COc1ccccc1NC(=O)c1ccc(NC(=O)CSc2nnc(Nc3ccccc3)s2)cc1. The Morgan fingerprint density at radius 2 is 1.62 bits per heavy atom. The number of nitrogens with zero attached hydrogens (tertiary/aromatic N) is 2. The van der Waals surface area contributed by atoms with Crippen molar-refractivity contribution in [2.45, 2.75) is 4.34 Å². The lowest BCUT2D eigenvalue weighted by atomic mass is 10.2. The molecule has 10 heteroatoms. The smallest absolute Gasteiger partial charge is 0.255 e. The highest BCUT2D eigenvalue weighted by molar-refractivity contribution is 8.01. The van der Waals surface area contributed by atoms with Crippen LogP contribution in [0.4, 0.5) is 22.2 Å². The van der Waals surface area contributed by atoms with E-state index in [0.717, 1.165) is 5.69 Å². The van der Waals surface area contributed by atoms with Crippen LogP contribution in [0.5, 0.6) is 5.75 Å². The Hall–Kier alpha value is -3.89. The third-order valence-electron chi connectivity index (χ3n) is 4.54. The predicted molar refractivity (Wildman–Crippen MR) is 136 cm³/mol. The second-order valence-electron chi connectivity index (χ2n) is 6.93. The molecule has 172 valence electrons. The van der Waals surface area contributed by atoms with E-state index in [4.69, 9.17) is 4.74 Å². The highest BCUT2D eigenvalue weighted by Crippen LogP contribution is 2.28. The lowest BCUT2D eigenvalue weighted by Gasteiger charge is -2.10. The van der Waals surface area contributed by atoms with E-state index in [2.05, 4.69) is 26.1 Å². The summed E-state index contributed by atoms with van der Waals surface area (Å²) in [6.07, 6.45) is 0. The topological polar surface area (TPSA) is 105 Å². The summed E-state index contributed by atoms with van der Waals surface area (Å²) in [7, 11) is 1.55. The number of carbonyl (C=O) groups excluding carboxylic acids is 2.